The largest absolute Gasteiger partial charge is 0.433 e. The van der Waals surface area contributed by atoms with Crippen molar-refractivity contribution in [3.05, 3.63) is 58.7 Å². The highest BCUT2D eigenvalue weighted by atomic mass is 32.2. The molecule has 0 aliphatic rings. The smallest absolute Gasteiger partial charge is 0.297 e. The third kappa shape index (κ3) is 4.74. The number of carbonyl (C=O) groups excluding carboxylic acids is 1. The first-order valence-corrected chi connectivity index (χ1v) is 9.71. The zero-order chi connectivity index (χ0) is 20.1. The highest BCUT2D eigenvalue weighted by Crippen LogP contribution is 2.30. The predicted octanol–water partition coefficient (Wildman–Crippen LogP) is 4.59. The minimum absolute atomic E-state index is 0.177. The zero-order valence-corrected chi connectivity index (χ0v) is 15.7. The van der Waals surface area contributed by atoms with E-state index in [1.165, 1.54) is 11.3 Å². The molecule has 5 nitrogen and oxygen atoms in total. The molecule has 0 fully saturated rings. The van der Waals surface area contributed by atoms with Gasteiger partial charge in [-0.15, -0.1) is 11.3 Å². The molecule has 10 heteroatoms. The number of nitriles is 1. The molecule has 1 aromatic carbocycles. The number of Topliss-reactive ketones (excluding diaryl/α,β-unsaturated/α-hetero) is 1. The van der Waals surface area contributed by atoms with E-state index in [1.807, 2.05) is 36.4 Å². The Morgan fingerprint density at radius 2 is 1.96 bits per heavy atom. The molecule has 2 heterocycles. The second-order valence-corrected chi connectivity index (χ2v) is 7.31. The fraction of sp³-hybridized carbons (Fsp3) is 0.167. The molecule has 0 spiro atoms. The van der Waals surface area contributed by atoms with Crippen LogP contribution in [0.1, 0.15) is 16.6 Å². The fourth-order valence-electron chi connectivity index (χ4n) is 2.21. The fourth-order valence-corrected chi connectivity index (χ4v) is 3.84. The van der Waals surface area contributed by atoms with Gasteiger partial charge >= 0.3 is 6.18 Å². The van der Waals surface area contributed by atoms with Crippen LogP contribution in [0.3, 0.4) is 0 Å². The molecule has 3 aromatic rings. The van der Waals surface area contributed by atoms with E-state index >= 15 is 0 Å². The number of hydrogen-bond donors (Lipinski definition) is 0. The summed E-state index contributed by atoms with van der Waals surface area (Å²) in [5, 5.41) is 11.3. The van der Waals surface area contributed by atoms with Gasteiger partial charge in [0, 0.05) is 17.1 Å². The minimum atomic E-state index is -4.59. The number of alkyl halides is 3. The Balaban J connectivity index is 1.70. The Hall–Kier alpha value is -2.77. The van der Waals surface area contributed by atoms with Gasteiger partial charge in [-0.25, -0.2) is 15.0 Å². The average Bonchev–Trinajstić information content (AvgIpc) is 3.17. The Labute approximate surface area is 166 Å². The molecule has 0 amide bonds. The molecular weight excluding hydrogens is 409 g/mol. The highest BCUT2D eigenvalue weighted by Gasteiger charge is 2.33. The number of hydrogen-bond acceptors (Lipinski definition) is 7. The van der Waals surface area contributed by atoms with E-state index in [2.05, 4.69) is 15.0 Å². The van der Waals surface area contributed by atoms with Crippen LogP contribution in [0.2, 0.25) is 0 Å². The Kier molecular flexibility index (Phi) is 6.06. The van der Waals surface area contributed by atoms with Crippen molar-refractivity contribution < 1.29 is 18.0 Å². The van der Waals surface area contributed by atoms with Crippen LogP contribution < -0.4 is 0 Å². The van der Waals surface area contributed by atoms with Gasteiger partial charge in [0.1, 0.15) is 10.7 Å². The maximum Gasteiger partial charge on any atom is 0.433 e. The second kappa shape index (κ2) is 8.50. The number of thioether (sulfide) groups is 1. The lowest BCUT2D eigenvalue weighted by molar-refractivity contribution is -0.141. The van der Waals surface area contributed by atoms with Gasteiger partial charge in [-0.05, 0) is 6.07 Å². The van der Waals surface area contributed by atoms with Gasteiger partial charge in [0.05, 0.1) is 17.5 Å². The normalized spacial score (nSPS) is 12.4. The van der Waals surface area contributed by atoms with Crippen LogP contribution in [-0.4, -0.2) is 26.5 Å². The van der Waals surface area contributed by atoms with E-state index in [9.17, 15) is 23.2 Å². The first kappa shape index (κ1) is 20.0. The van der Waals surface area contributed by atoms with Crippen molar-refractivity contribution in [2.45, 2.75) is 17.3 Å². The van der Waals surface area contributed by atoms with E-state index in [0.29, 0.717) is 10.7 Å². The van der Waals surface area contributed by atoms with Crippen molar-refractivity contribution in [1.29, 1.82) is 5.26 Å². The molecule has 1 unspecified atom stereocenters. The summed E-state index contributed by atoms with van der Waals surface area (Å²) < 4.78 is 38.1. The molecule has 0 bridgehead atoms. The molecule has 0 saturated carbocycles. The first-order valence-electron chi connectivity index (χ1n) is 7.84. The average molecular weight is 420 g/mol. The molecule has 1 atom stereocenters. The summed E-state index contributed by atoms with van der Waals surface area (Å²) in [7, 11) is 0. The van der Waals surface area contributed by atoms with Gasteiger partial charge in [0.25, 0.3) is 0 Å². The van der Waals surface area contributed by atoms with Crippen LogP contribution in [0.25, 0.3) is 11.3 Å². The van der Waals surface area contributed by atoms with Gasteiger partial charge in [-0.1, -0.05) is 42.1 Å². The van der Waals surface area contributed by atoms with Crippen LogP contribution >= 0.6 is 23.1 Å². The summed E-state index contributed by atoms with van der Waals surface area (Å²) in [6, 6.07) is 12.0. The third-order valence-corrected chi connectivity index (χ3v) is 5.35. The number of nitrogens with zero attached hydrogens (tertiary/aromatic N) is 4. The first-order chi connectivity index (χ1) is 13.4. The Morgan fingerprint density at radius 1 is 1.21 bits per heavy atom. The number of thiazole rings is 1. The molecule has 3 rings (SSSR count). The highest BCUT2D eigenvalue weighted by molar-refractivity contribution is 7.99. The van der Waals surface area contributed by atoms with Gasteiger partial charge in [0.2, 0.25) is 0 Å². The quantitative estimate of drug-likeness (QED) is 0.429. The third-order valence-electron chi connectivity index (χ3n) is 3.56. The molecule has 0 aliphatic heterocycles. The van der Waals surface area contributed by atoms with E-state index < -0.39 is 23.6 Å². The number of aromatic nitrogens is 3. The predicted molar refractivity (Wildman–Crippen MR) is 98.7 cm³/mol. The molecule has 28 heavy (non-hydrogen) atoms. The SMILES string of the molecule is N#CC(C(=O)CSc1nccc(C(F)(F)F)n1)c1nc(-c2ccccc2)cs1. The summed E-state index contributed by atoms with van der Waals surface area (Å²) in [5.74, 6) is -1.80. The zero-order valence-electron chi connectivity index (χ0n) is 14.1. The van der Waals surface area contributed by atoms with Gasteiger partial charge in [-0.2, -0.15) is 18.4 Å². The monoisotopic (exact) mass is 420 g/mol. The molecule has 0 N–H and O–H groups in total. The van der Waals surface area contributed by atoms with Crippen molar-refractivity contribution in [3.63, 3.8) is 0 Å². The van der Waals surface area contributed by atoms with Crippen molar-refractivity contribution in [2.75, 3.05) is 5.75 Å². The lowest BCUT2D eigenvalue weighted by Crippen LogP contribution is -2.14. The molecular formula is C18H11F3N4OS2. The lowest BCUT2D eigenvalue weighted by atomic mass is 10.1. The molecule has 0 aliphatic carbocycles. The number of benzene rings is 1. The molecule has 2 aromatic heterocycles. The van der Waals surface area contributed by atoms with Crippen molar-refractivity contribution in [2.24, 2.45) is 0 Å². The Bertz CT molecular complexity index is 1020. The van der Waals surface area contributed by atoms with Crippen LogP contribution in [0.15, 0.2) is 53.1 Å². The Morgan fingerprint density at radius 3 is 2.64 bits per heavy atom. The van der Waals surface area contributed by atoms with Crippen molar-refractivity contribution in [3.8, 4) is 17.3 Å². The molecule has 0 radical (unpaired) electrons. The van der Waals surface area contributed by atoms with Crippen LogP contribution in [0.5, 0.6) is 0 Å². The number of carbonyl (C=O) groups is 1. The maximum atomic E-state index is 12.7. The minimum Gasteiger partial charge on any atom is -0.297 e. The summed E-state index contributed by atoms with van der Waals surface area (Å²) in [4.78, 5) is 23.9. The van der Waals surface area contributed by atoms with Crippen molar-refractivity contribution >= 4 is 28.9 Å². The maximum absolute atomic E-state index is 12.7. The summed E-state index contributed by atoms with van der Waals surface area (Å²) >= 11 is 1.94. The number of halogens is 3. The topological polar surface area (TPSA) is 79.5 Å². The van der Waals surface area contributed by atoms with E-state index in [0.717, 1.165) is 29.6 Å². The summed E-state index contributed by atoms with van der Waals surface area (Å²) in [6.07, 6.45) is -3.61. The van der Waals surface area contributed by atoms with E-state index in [-0.39, 0.29) is 10.9 Å². The lowest BCUT2D eigenvalue weighted by Gasteiger charge is -2.07. The second-order valence-electron chi connectivity index (χ2n) is 5.48. The number of rotatable bonds is 6. The molecule has 0 saturated heterocycles. The van der Waals surface area contributed by atoms with Crippen molar-refractivity contribution in [1.82, 2.24) is 15.0 Å². The summed E-state index contributed by atoms with van der Waals surface area (Å²) in [6.45, 7) is 0. The van der Waals surface area contributed by atoms with E-state index in [1.54, 1.807) is 5.38 Å². The standard InChI is InChI=1S/C18H11F3N4OS2/c19-18(20,21)15-6-7-23-17(25-15)28-10-14(26)12(8-22)16-24-13(9-27-16)11-4-2-1-3-5-11/h1-7,9,12H,10H2. The van der Waals surface area contributed by atoms with Crippen LogP contribution in [0.4, 0.5) is 13.2 Å². The van der Waals surface area contributed by atoms with Crippen LogP contribution in [-0.2, 0) is 11.0 Å². The number of ketones is 1. The van der Waals surface area contributed by atoms with E-state index in [4.69, 9.17) is 0 Å². The van der Waals surface area contributed by atoms with Gasteiger partial charge in [0.15, 0.2) is 16.9 Å². The van der Waals surface area contributed by atoms with Crippen LogP contribution in [0, 0.1) is 11.3 Å². The molecule has 142 valence electrons. The van der Waals surface area contributed by atoms with Gasteiger partial charge in [-0.3, -0.25) is 4.79 Å². The summed E-state index contributed by atoms with van der Waals surface area (Å²) in [5.41, 5.74) is 0.435. The van der Waals surface area contributed by atoms with Gasteiger partial charge < -0.3 is 0 Å².